The van der Waals surface area contributed by atoms with Crippen molar-refractivity contribution in [3.8, 4) is 0 Å². The normalized spacial score (nSPS) is 15.3. The Kier molecular flexibility index (Phi) is 7.81. The minimum Gasteiger partial charge on any atom is -0.396 e. The van der Waals surface area contributed by atoms with Crippen molar-refractivity contribution in [1.82, 2.24) is 0 Å². The molecule has 0 aromatic rings. The van der Waals surface area contributed by atoms with E-state index in [0.717, 1.165) is 18.6 Å². The zero-order chi connectivity index (χ0) is 13.4. The highest BCUT2D eigenvalue weighted by molar-refractivity contribution is 5.81. The second kappa shape index (κ2) is 8.24. The summed E-state index contributed by atoms with van der Waals surface area (Å²) in [4.78, 5) is 4.69. The molecule has 2 atom stereocenters. The summed E-state index contributed by atoms with van der Waals surface area (Å²) in [6, 6.07) is 0.0806. The first-order chi connectivity index (χ1) is 7.97. The van der Waals surface area contributed by atoms with Crippen molar-refractivity contribution in [2.75, 3.05) is 6.61 Å². The maximum Gasteiger partial charge on any atom is 0.0742 e. The molecule has 0 spiro atoms. The van der Waals surface area contributed by atoms with Crippen molar-refractivity contribution < 1.29 is 5.11 Å². The molecule has 0 aromatic heterocycles. The standard InChI is InChI=1S/C15H27NO/c1-7-12(5)16-15(8-2)14(9-10-17)13(6)11(3)4/h8,14-15,17H,2,7,9-10H2,1,3-6H3. The smallest absolute Gasteiger partial charge is 0.0742 e. The van der Waals surface area contributed by atoms with Crippen molar-refractivity contribution >= 4 is 5.71 Å². The molecule has 2 nitrogen and oxygen atoms in total. The number of hydrogen-bond acceptors (Lipinski definition) is 2. The molecule has 0 rings (SSSR count). The fraction of sp³-hybridized carbons (Fsp3) is 0.667. The van der Waals surface area contributed by atoms with E-state index in [9.17, 15) is 5.11 Å². The van der Waals surface area contributed by atoms with E-state index < -0.39 is 0 Å². The maximum absolute atomic E-state index is 9.20. The Labute approximate surface area is 106 Å². The lowest BCUT2D eigenvalue weighted by atomic mass is 9.87. The van der Waals surface area contributed by atoms with Crippen LogP contribution >= 0.6 is 0 Å². The first-order valence-corrected chi connectivity index (χ1v) is 6.38. The highest BCUT2D eigenvalue weighted by atomic mass is 16.3. The SMILES string of the molecule is C=CC(N=C(C)CC)C(CCO)C(C)=C(C)C. The van der Waals surface area contributed by atoms with E-state index in [0.29, 0.717) is 0 Å². The van der Waals surface area contributed by atoms with Gasteiger partial charge in [0.2, 0.25) is 0 Å². The van der Waals surface area contributed by atoms with Gasteiger partial charge in [0, 0.05) is 18.2 Å². The lowest BCUT2D eigenvalue weighted by molar-refractivity contribution is 0.261. The van der Waals surface area contributed by atoms with Gasteiger partial charge in [-0.05, 0) is 40.5 Å². The summed E-state index contributed by atoms with van der Waals surface area (Å²) in [6.45, 7) is 14.6. The van der Waals surface area contributed by atoms with Gasteiger partial charge >= 0.3 is 0 Å². The molecule has 17 heavy (non-hydrogen) atoms. The summed E-state index contributed by atoms with van der Waals surface area (Å²) in [5.41, 5.74) is 3.76. The molecule has 0 amide bonds. The molecule has 0 aliphatic rings. The minimum atomic E-state index is 0.0806. The second-order valence-electron chi connectivity index (χ2n) is 4.75. The Hall–Kier alpha value is -0.890. The summed E-state index contributed by atoms with van der Waals surface area (Å²) < 4.78 is 0. The first kappa shape index (κ1) is 16.1. The quantitative estimate of drug-likeness (QED) is 0.530. The first-order valence-electron chi connectivity index (χ1n) is 6.38. The van der Waals surface area contributed by atoms with Crippen molar-refractivity contribution in [2.24, 2.45) is 10.9 Å². The topological polar surface area (TPSA) is 32.6 Å². The lowest BCUT2D eigenvalue weighted by Gasteiger charge is -2.24. The van der Waals surface area contributed by atoms with E-state index in [-0.39, 0.29) is 18.6 Å². The van der Waals surface area contributed by atoms with Crippen LogP contribution in [0.5, 0.6) is 0 Å². The summed E-state index contributed by atoms with van der Waals surface area (Å²) >= 11 is 0. The van der Waals surface area contributed by atoms with Crippen molar-refractivity contribution in [1.29, 1.82) is 0 Å². The lowest BCUT2D eigenvalue weighted by Crippen LogP contribution is -2.21. The number of aliphatic imine (C=N–C) groups is 1. The number of aliphatic hydroxyl groups is 1. The molecule has 0 heterocycles. The predicted octanol–water partition coefficient (Wildman–Crippen LogP) is 3.77. The van der Waals surface area contributed by atoms with E-state index in [1.165, 1.54) is 11.1 Å². The maximum atomic E-state index is 9.20. The van der Waals surface area contributed by atoms with Gasteiger partial charge in [-0.1, -0.05) is 24.1 Å². The minimum absolute atomic E-state index is 0.0806. The highest BCUT2D eigenvalue weighted by Gasteiger charge is 2.20. The largest absolute Gasteiger partial charge is 0.396 e. The van der Waals surface area contributed by atoms with Crippen molar-refractivity contribution in [3.05, 3.63) is 23.8 Å². The van der Waals surface area contributed by atoms with Crippen molar-refractivity contribution in [2.45, 2.75) is 53.5 Å². The molecule has 2 unspecified atom stereocenters. The molecular formula is C15H27NO. The van der Waals surface area contributed by atoms with Gasteiger partial charge in [0.15, 0.2) is 0 Å². The summed E-state index contributed by atoms with van der Waals surface area (Å²) in [6.07, 6.45) is 3.60. The third kappa shape index (κ3) is 5.31. The van der Waals surface area contributed by atoms with E-state index in [2.05, 4.69) is 39.3 Å². The van der Waals surface area contributed by atoms with Gasteiger partial charge in [-0.2, -0.15) is 0 Å². The van der Waals surface area contributed by atoms with Crippen LogP contribution in [-0.2, 0) is 0 Å². The van der Waals surface area contributed by atoms with E-state index in [4.69, 9.17) is 0 Å². The Morgan fingerprint density at radius 2 is 1.88 bits per heavy atom. The summed E-state index contributed by atoms with van der Waals surface area (Å²) in [5.74, 6) is 0.268. The fourth-order valence-corrected chi connectivity index (χ4v) is 1.81. The summed E-state index contributed by atoms with van der Waals surface area (Å²) in [5, 5.41) is 9.20. The second-order valence-corrected chi connectivity index (χ2v) is 4.75. The van der Waals surface area contributed by atoms with Crippen LogP contribution in [0.15, 0.2) is 28.8 Å². The molecule has 0 aromatic carbocycles. The molecule has 1 N–H and O–H groups in total. The molecule has 0 aliphatic carbocycles. The zero-order valence-electron chi connectivity index (χ0n) is 12.0. The van der Waals surface area contributed by atoms with Crippen LogP contribution in [0.25, 0.3) is 0 Å². The van der Waals surface area contributed by atoms with Crippen LogP contribution in [0.3, 0.4) is 0 Å². The fourth-order valence-electron chi connectivity index (χ4n) is 1.81. The van der Waals surface area contributed by atoms with Crippen LogP contribution < -0.4 is 0 Å². The van der Waals surface area contributed by atoms with Crippen LogP contribution in [0, 0.1) is 5.92 Å². The molecular weight excluding hydrogens is 210 g/mol. The van der Waals surface area contributed by atoms with Gasteiger partial charge in [0.25, 0.3) is 0 Å². The Morgan fingerprint density at radius 3 is 2.24 bits per heavy atom. The molecule has 98 valence electrons. The summed E-state index contributed by atoms with van der Waals surface area (Å²) in [7, 11) is 0. The van der Waals surface area contributed by atoms with E-state index in [1.807, 2.05) is 13.0 Å². The Morgan fingerprint density at radius 1 is 1.29 bits per heavy atom. The van der Waals surface area contributed by atoms with Gasteiger partial charge in [-0.3, -0.25) is 4.99 Å². The molecule has 0 aliphatic heterocycles. The Balaban J connectivity index is 5.14. The monoisotopic (exact) mass is 237 g/mol. The third-order valence-corrected chi connectivity index (χ3v) is 3.32. The van der Waals surface area contributed by atoms with E-state index >= 15 is 0 Å². The van der Waals surface area contributed by atoms with Gasteiger partial charge in [0.1, 0.15) is 0 Å². The number of nitrogens with zero attached hydrogens (tertiary/aromatic N) is 1. The molecule has 0 radical (unpaired) electrons. The molecule has 0 saturated carbocycles. The molecule has 2 heteroatoms. The Bertz CT molecular complexity index is 298. The van der Waals surface area contributed by atoms with Gasteiger partial charge in [-0.25, -0.2) is 0 Å². The zero-order valence-corrected chi connectivity index (χ0v) is 12.0. The molecule has 0 saturated heterocycles. The van der Waals surface area contributed by atoms with Crippen LogP contribution in [0.1, 0.15) is 47.5 Å². The average molecular weight is 237 g/mol. The van der Waals surface area contributed by atoms with Crippen molar-refractivity contribution in [3.63, 3.8) is 0 Å². The van der Waals surface area contributed by atoms with E-state index in [1.54, 1.807) is 0 Å². The number of allylic oxidation sites excluding steroid dienone is 1. The van der Waals surface area contributed by atoms with Crippen LogP contribution in [-0.4, -0.2) is 23.5 Å². The molecule has 0 fully saturated rings. The van der Waals surface area contributed by atoms with Gasteiger partial charge in [-0.15, -0.1) is 6.58 Å². The van der Waals surface area contributed by atoms with Crippen LogP contribution in [0.4, 0.5) is 0 Å². The number of aliphatic hydroxyl groups excluding tert-OH is 1. The number of hydrogen-bond donors (Lipinski definition) is 1. The predicted molar refractivity (Wildman–Crippen MR) is 76.6 cm³/mol. The molecule has 0 bridgehead atoms. The third-order valence-electron chi connectivity index (χ3n) is 3.32. The highest BCUT2D eigenvalue weighted by Crippen LogP contribution is 2.25. The average Bonchev–Trinajstić information content (AvgIpc) is 2.32. The van der Waals surface area contributed by atoms with Gasteiger partial charge < -0.3 is 5.11 Å². The number of rotatable bonds is 7. The van der Waals surface area contributed by atoms with Gasteiger partial charge in [0.05, 0.1) is 6.04 Å². The van der Waals surface area contributed by atoms with Crippen LogP contribution in [0.2, 0.25) is 0 Å².